The van der Waals surface area contributed by atoms with E-state index in [9.17, 15) is 4.79 Å². The van der Waals surface area contributed by atoms with E-state index in [1.165, 1.54) is 0 Å². The predicted octanol–water partition coefficient (Wildman–Crippen LogP) is 2.71. The maximum Gasteiger partial charge on any atom is 0.254 e. The highest BCUT2D eigenvalue weighted by Gasteiger charge is 2.21. The van der Waals surface area contributed by atoms with Gasteiger partial charge in [0.2, 0.25) is 12.5 Å². The molecule has 0 aromatic heterocycles. The van der Waals surface area contributed by atoms with Crippen LogP contribution >= 0.6 is 0 Å². The minimum atomic E-state index is -0.139. The zero-order valence-corrected chi connectivity index (χ0v) is 15.2. The lowest BCUT2D eigenvalue weighted by molar-refractivity contribution is 0.0783. The molecular formula is C19H21NO6. The first-order valence-corrected chi connectivity index (χ1v) is 8.02. The molecule has 2 aromatic carbocycles. The monoisotopic (exact) mass is 359 g/mol. The second-order valence-electron chi connectivity index (χ2n) is 5.72. The second-order valence-corrected chi connectivity index (χ2v) is 5.72. The van der Waals surface area contributed by atoms with E-state index < -0.39 is 0 Å². The Labute approximate surface area is 152 Å². The van der Waals surface area contributed by atoms with Crippen molar-refractivity contribution in [2.75, 3.05) is 35.2 Å². The molecule has 0 radical (unpaired) electrons. The van der Waals surface area contributed by atoms with E-state index in [1.54, 1.807) is 57.5 Å². The fraction of sp³-hybridized carbons (Fsp3) is 0.316. The van der Waals surface area contributed by atoms with Gasteiger partial charge in [-0.25, -0.2) is 0 Å². The Balaban J connectivity index is 1.83. The van der Waals surface area contributed by atoms with Crippen LogP contribution in [0.4, 0.5) is 0 Å². The van der Waals surface area contributed by atoms with Crippen LogP contribution in [0, 0.1) is 0 Å². The van der Waals surface area contributed by atoms with Crippen molar-refractivity contribution in [1.29, 1.82) is 0 Å². The molecule has 3 rings (SSSR count). The quantitative estimate of drug-likeness (QED) is 0.790. The lowest BCUT2D eigenvalue weighted by Gasteiger charge is -2.21. The van der Waals surface area contributed by atoms with Crippen LogP contribution in [0.15, 0.2) is 30.3 Å². The average Bonchev–Trinajstić information content (AvgIpc) is 3.14. The lowest BCUT2D eigenvalue weighted by atomic mass is 10.1. The van der Waals surface area contributed by atoms with Gasteiger partial charge in [-0.3, -0.25) is 4.79 Å². The summed E-state index contributed by atoms with van der Waals surface area (Å²) in [5.41, 5.74) is 1.33. The van der Waals surface area contributed by atoms with Crippen LogP contribution in [0.1, 0.15) is 15.9 Å². The number of hydrogen-bond acceptors (Lipinski definition) is 6. The topological polar surface area (TPSA) is 66.5 Å². The molecule has 0 spiro atoms. The molecule has 138 valence electrons. The van der Waals surface area contributed by atoms with Gasteiger partial charge < -0.3 is 28.6 Å². The predicted molar refractivity (Wildman–Crippen MR) is 94.5 cm³/mol. The molecule has 1 aliphatic rings. The van der Waals surface area contributed by atoms with E-state index in [1.807, 2.05) is 6.07 Å². The van der Waals surface area contributed by atoms with Gasteiger partial charge >= 0.3 is 0 Å². The summed E-state index contributed by atoms with van der Waals surface area (Å²) >= 11 is 0. The maximum atomic E-state index is 12.8. The molecule has 26 heavy (non-hydrogen) atoms. The Hall–Kier alpha value is -3.09. The van der Waals surface area contributed by atoms with E-state index >= 15 is 0 Å². The first-order chi connectivity index (χ1) is 12.6. The highest BCUT2D eigenvalue weighted by atomic mass is 16.7. The third kappa shape index (κ3) is 3.20. The number of amides is 1. The van der Waals surface area contributed by atoms with Crippen LogP contribution in [0.3, 0.4) is 0 Å². The molecule has 7 nitrogen and oxygen atoms in total. The third-order valence-corrected chi connectivity index (χ3v) is 4.16. The molecule has 1 heterocycles. The number of nitrogens with zero attached hydrogens (tertiary/aromatic N) is 1. The summed E-state index contributed by atoms with van der Waals surface area (Å²) in [5.74, 6) is 2.69. The first kappa shape index (κ1) is 17.7. The number of carbonyl (C=O) groups is 1. The van der Waals surface area contributed by atoms with Gasteiger partial charge in [0.15, 0.2) is 23.0 Å². The Morgan fingerprint density at radius 3 is 2.42 bits per heavy atom. The van der Waals surface area contributed by atoms with Crippen molar-refractivity contribution in [3.63, 3.8) is 0 Å². The summed E-state index contributed by atoms with van der Waals surface area (Å²) in [7, 11) is 6.39. The largest absolute Gasteiger partial charge is 0.493 e. The molecule has 0 atom stereocenters. The standard InChI is InChI=1S/C19H21NO6/c1-20(19(21)12-5-7-14-16(9-12)26-11-25-14)10-13-6-8-15(22-2)18(24-4)17(13)23-3/h5-9H,10-11H2,1-4H3. The van der Waals surface area contributed by atoms with E-state index in [0.29, 0.717) is 40.9 Å². The first-order valence-electron chi connectivity index (χ1n) is 8.02. The van der Waals surface area contributed by atoms with Crippen LogP contribution in [0.2, 0.25) is 0 Å². The van der Waals surface area contributed by atoms with Gasteiger partial charge in [-0.1, -0.05) is 0 Å². The van der Waals surface area contributed by atoms with Crippen LogP contribution in [-0.2, 0) is 6.54 Å². The van der Waals surface area contributed by atoms with E-state index in [4.69, 9.17) is 23.7 Å². The van der Waals surface area contributed by atoms with Crippen molar-refractivity contribution in [3.8, 4) is 28.7 Å². The van der Waals surface area contributed by atoms with Gasteiger partial charge in [0.1, 0.15) is 0 Å². The highest BCUT2D eigenvalue weighted by molar-refractivity contribution is 5.94. The number of rotatable bonds is 6. The summed E-state index contributed by atoms with van der Waals surface area (Å²) < 4.78 is 26.8. The van der Waals surface area contributed by atoms with Crippen molar-refractivity contribution in [2.24, 2.45) is 0 Å². The van der Waals surface area contributed by atoms with E-state index in [-0.39, 0.29) is 12.7 Å². The van der Waals surface area contributed by atoms with E-state index in [0.717, 1.165) is 5.56 Å². The molecule has 7 heteroatoms. The zero-order valence-electron chi connectivity index (χ0n) is 15.2. The SMILES string of the molecule is COc1ccc(CN(C)C(=O)c2ccc3c(c2)OCO3)c(OC)c1OC. The van der Waals surface area contributed by atoms with Crippen molar-refractivity contribution in [1.82, 2.24) is 4.90 Å². The number of methoxy groups -OCH3 is 3. The smallest absolute Gasteiger partial charge is 0.254 e. The van der Waals surface area contributed by atoms with Crippen LogP contribution in [-0.4, -0.2) is 46.0 Å². The van der Waals surface area contributed by atoms with Gasteiger partial charge in [-0.05, 0) is 30.3 Å². The van der Waals surface area contributed by atoms with Gasteiger partial charge in [-0.15, -0.1) is 0 Å². The maximum absolute atomic E-state index is 12.8. The van der Waals surface area contributed by atoms with Gasteiger partial charge in [0.25, 0.3) is 5.91 Å². The molecule has 0 fully saturated rings. The zero-order chi connectivity index (χ0) is 18.7. The number of hydrogen-bond donors (Lipinski definition) is 0. The minimum absolute atomic E-state index is 0.139. The second kappa shape index (κ2) is 7.43. The molecule has 1 aliphatic heterocycles. The Morgan fingerprint density at radius 2 is 1.73 bits per heavy atom. The van der Waals surface area contributed by atoms with Crippen molar-refractivity contribution >= 4 is 5.91 Å². The van der Waals surface area contributed by atoms with E-state index in [2.05, 4.69) is 0 Å². The molecule has 0 saturated carbocycles. The molecule has 2 aromatic rings. The average molecular weight is 359 g/mol. The summed E-state index contributed by atoms with van der Waals surface area (Å²) in [6, 6.07) is 8.78. The van der Waals surface area contributed by atoms with Gasteiger partial charge in [-0.2, -0.15) is 0 Å². The normalized spacial score (nSPS) is 11.8. The molecule has 0 N–H and O–H groups in total. The molecule has 1 amide bonds. The fourth-order valence-corrected chi connectivity index (χ4v) is 2.86. The van der Waals surface area contributed by atoms with Crippen molar-refractivity contribution in [3.05, 3.63) is 41.5 Å². The summed E-state index contributed by atoms with van der Waals surface area (Å²) in [4.78, 5) is 14.4. The molecule has 0 saturated heterocycles. The Kier molecular flexibility index (Phi) is 5.06. The molecular weight excluding hydrogens is 338 g/mol. The van der Waals surface area contributed by atoms with Crippen LogP contribution < -0.4 is 23.7 Å². The van der Waals surface area contributed by atoms with Crippen LogP contribution in [0.25, 0.3) is 0 Å². The number of carbonyl (C=O) groups excluding carboxylic acids is 1. The highest BCUT2D eigenvalue weighted by Crippen LogP contribution is 2.40. The lowest BCUT2D eigenvalue weighted by Crippen LogP contribution is -2.26. The Morgan fingerprint density at radius 1 is 1.00 bits per heavy atom. The van der Waals surface area contributed by atoms with Crippen LogP contribution in [0.5, 0.6) is 28.7 Å². The Bertz CT molecular complexity index is 820. The fourth-order valence-electron chi connectivity index (χ4n) is 2.86. The third-order valence-electron chi connectivity index (χ3n) is 4.16. The van der Waals surface area contributed by atoms with Gasteiger partial charge in [0.05, 0.1) is 21.3 Å². The van der Waals surface area contributed by atoms with Crippen molar-refractivity contribution < 1.29 is 28.5 Å². The molecule has 0 bridgehead atoms. The van der Waals surface area contributed by atoms with Gasteiger partial charge in [0, 0.05) is 24.7 Å². The minimum Gasteiger partial charge on any atom is -0.493 e. The number of ether oxygens (including phenoxy) is 5. The molecule has 0 unspecified atom stereocenters. The number of fused-ring (bicyclic) bond motifs is 1. The summed E-state index contributed by atoms with van der Waals surface area (Å²) in [6.07, 6.45) is 0. The summed E-state index contributed by atoms with van der Waals surface area (Å²) in [6.45, 7) is 0.516. The van der Waals surface area contributed by atoms with Crippen molar-refractivity contribution in [2.45, 2.75) is 6.54 Å². The summed E-state index contributed by atoms with van der Waals surface area (Å²) in [5, 5.41) is 0. The molecule has 0 aliphatic carbocycles. The number of benzene rings is 2.